The maximum atomic E-state index is 13.3. The number of pyridine rings is 1. The molecule has 2 aromatic heterocycles. The summed E-state index contributed by atoms with van der Waals surface area (Å²) in [6.45, 7) is 4.16. The van der Waals surface area contributed by atoms with Crippen LogP contribution in [-0.2, 0) is 6.42 Å². The molecule has 0 fully saturated rings. The highest BCUT2D eigenvalue weighted by Gasteiger charge is 2.17. The summed E-state index contributed by atoms with van der Waals surface area (Å²) in [7, 11) is 3.21. The number of benzene rings is 2. The summed E-state index contributed by atoms with van der Waals surface area (Å²) in [5.74, 6) is 1.01. The van der Waals surface area contributed by atoms with Crippen molar-refractivity contribution in [3.8, 4) is 22.8 Å². The van der Waals surface area contributed by atoms with E-state index >= 15 is 0 Å². The number of thiophene rings is 1. The van der Waals surface area contributed by atoms with Crippen LogP contribution in [0, 0.1) is 0 Å². The molecule has 7 heteroatoms. The fourth-order valence-corrected chi connectivity index (χ4v) is 4.73. The molecule has 2 heterocycles. The van der Waals surface area contributed by atoms with Crippen LogP contribution in [0.4, 0.5) is 0 Å². The van der Waals surface area contributed by atoms with Crippen LogP contribution in [0.5, 0.6) is 11.5 Å². The normalized spacial score (nSPS) is 11.5. The number of ether oxygens (including phenoxy) is 2. The Morgan fingerprint density at radius 1 is 1.03 bits per heavy atom. The molecule has 0 bridgehead atoms. The van der Waals surface area contributed by atoms with Crippen LogP contribution in [0.25, 0.3) is 22.2 Å². The van der Waals surface area contributed by atoms with Crippen molar-refractivity contribution < 1.29 is 14.3 Å². The Morgan fingerprint density at radius 3 is 2.56 bits per heavy atom. The minimum atomic E-state index is -0.287. The number of methoxy groups -OCH3 is 2. The number of rotatable bonds is 8. The molecule has 4 aromatic rings. The highest BCUT2D eigenvalue weighted by molar-refractivity contribution is 7.14. The lowest BCUT2D eigenvalue weighted by molar-refractivity contribution is 0.0956. The van der Waals surface area contributed by atoms with Crippen LogP contribution >= 0.6 is 11.3 Å². The molecule has 0 spiro atoms. The molecule has 1 amide bonds. The van der Waals surface area contributed by atoms with Crippen molar-refractivity contribution in [2.75, 3.05) is 14.2 Å². The topological polar surface area (TPSA) is 72.8 Å². The predicted octanol–water partition coefficient (Wildman–Crippen LogP) is 6.09. The molecule has 0 atom stereocenters. The molecule has 0 aliphatic rings. The first-order chi connectivity index (χ1) is 16.6. The monoisotopic (exact) mass is 473 g/mol. The Balaban J connectivity index is 1.74. The third-order valence-corrected chi connectivity index (χ3v) is 6.85. The minimum Gasteiger partial charge on any atom is -0.497 e. The molecular formula is C27H27N3O3S. The highest BCUT2D eigenvalue weighted by atomic mass is 32.1. The Labute approximate surface area is 203 Å². The van der Waals surface area contributed by atoms with E-state index in [1.54, 1.807) is 37.7 Å². The largest absolute Gasteiger partial charge is 0.497 e. The number of nitrogens with zero attached hydrogens (tertiary/aromatic N) is 2. The number of aryl methyl sites for hydroxylation is 1. The highest BCUT2D eigenvalue weighted by Crippen LogP contribution is 2.34. The third kappa shape index (κ3) is 4.79. The molecule has 0 radical (unpaired) electrons. The van der Waals surface area contributed by atoms with E-state index in [9.17, 15) is 4.79 Å². The lowest BCUT2D eigenvalue weighted by atomic mass is 10.0. The number of hydrogen-bond acceptors (Lipinski definition) is 6. The van der Waals surface area contributed by atoms with Gasteiger partial charge in [-0.15, -0.1) is 11.3 Å². The first kappa shape index (κ1) is 23.4. The fraction of sp³-hybridized carbons (Fsp3) is 0.222. The zero-order valence-electron chi connectivity index (χ0n) is 19.7. The second kappa shape index (κ2) is 10.5. The van der Waals surface area contributed by atoms with Crippen molar-refractivity contribution in [2.45, 2.75) is 26.7 Å². The van der Waals surface area contributed by atoms with Crippen molar-refractivity contribution in [3.05, 3.63) is 76.0 Å². The molecule has 6 nitrogen and oxygen atoms in total. The number of hydrazone groups is 1. The van der Waals surface area contributed by atoms with Crippen LogP contribution in [0.3, 0.4) is 0 Å². The third-order valence-electron chi connectivity index (χ3n) is 5.57. The standard InChI is InChI=1S/C27H27N3O3S/c1-5-18-12-14-26(34-18)22(6-2)29-30-27(31)21-16-24(28-23-10-8-7-9-19(21)23)20-13-11-17(32-3)15-25(20)33-4/h7-16H,5-6H2,1-4H3,(H,30,31)/b29-22-. The lowest BCUT2D eigenvalue weighted by Gasteiger charge is -2.13. The second-order valence-electron chi connectivity index (χ2n) is 7.61. The average Bonchev–Trinajstić information content (AvgIpc) is 3.37. The van der Waals surface area contributed by atoms with Gasteiger partial charge in [0.25, 0.3) is 5.91 Å². The van der Waals surface area contributed by atoms with Gasteiger partial charge in [0.2, 0.25) is 0 Å². The van der Waals surface area contributed by atoms with Crippen LogP contribution in [0.15, 0.2) is 65.8 Å². The summed E-state index contributed by atoms with van der Waals surface area (Å²) in [4.78, 5) is 20.5. The van der Waals surface area contributed by atoms with E-state index in [2.05, 4.69) is 29.6 Å². The SMILES string of the molecule is CC/C(=N/NC(=O)c1cc(-c2ccc(OC)cc2OC)nc2ccccc12)c1ccc(CC)s1. The van der Waals surface area contributed by atoms with E-state index in [0.29, 0.717) is 28.3 Å². The molecule has 0 saturated heterocycles. The van der Waals surface area contributed by atoms with E-state index in [1.165, 1.54) is 4.88 Å². The smallest absolute Gasteiger partial charge is 0.272 e. The van der Waals surface area contributed by atoms with Crippen LogP contribution in [-0.4, -0.2) is 30.8 Å². The lowest BCUT2D eigenvalue weighted by Crippen LogP contribution is -2.20. The van der Waals surface area contributed by atoms with Gasteiger partial charge in [0.15, 0.2) is 0 Å². The van der Waals surface area contributed by atoms with Gasteiger partial charge >= 0.3 is 0 Å². The molecule has 174 valence electrons. The molecule has 0 aliphatic heterocycles. The number of hydrogen-bond donors (Lipinski definition) is 1. The number of aromatic nitrogens is 1. The zero-order chi connectivity index (χ0) is 24.1. The Hall–Kier alpha value is -3.71. The van der Waals surface area contributed by atoms with Gasteiger partial charge in [-0.05, 0) is 49.2 Å². The molecule has 2 aromatic carbocycles. The molecule has 1 N–H and O–H groups in total. The number of carbonyl (C=O) groups excluding carboxylic acids is 1. The van der Waals surface area contributed by atoms with Crippen LogP contribution in [0.1, 0.15) is 40.4 Å². The van der Waals surface area contributed by atoms with Gasteiger partial charge in [0.05, 0.1) is 41.6 Å². The van der Waals surface area contributed by atoms with Crippen LogP contribution in [0.2, 0.25) is 0 Å². The van der Waals surface area contributed by atoms with Crippen LogP contribution < -0.4 is 14.9 Å². The van der Waals surface area contributed by atoms with E-state index in [4.69, 9.17) is 14.5 Å². The molecule has 0 saturated carbocycles. The van der Waals surface area contributed by atoms with Gasteiger partial charge in [0.1, 0.15) is 11.5 Å². The first-order valence-corrected chi connectivity index (χ1v) is 12.0. The summed E-state index contributed by atoms with van der Waals surface area (Å²) in [6, 6.07) is 19.1. The summed E-state index contributed by atoms with van der Waals surface area (Å²) in [6.07, 6.45) is 1.70. The molecule has 0 aliphatic carbocycles. The summed E-state index contributed by atoms with van der Waals surface area (Å²) in [5, 5.41) is 5.23. The van der Waals surface area contributed by atoms with Gasteiger partial charge in [-0.25, -0.2) is 10.4 Å². The van der Waals surface area contributed by atoms with Gasteiger partial charge in [-0.1, -0.05) is 32.0 Å². The van der Waals surface area contributed by atoms with Gasteiger partial charge < -0.3 is 9.47 Å². The molecule has 34 heavy (non-hydrogen) atoms. The predicted molar refractivity (Wildman–Crippen MR) is 138 cm³/mol. The summed E-state index contributed by atoms with van der Waals surface area (Å²) >= 11 is 1.71. The van der Waals surface area contributed by atoms with Crippen molar-refractivity contribution in [1.82, 2.24) is 10.4 Å². The maximum Gasteiger partial charge on any atom is 0.272 e. The van der Waals surface area contributed by atoms with Crippen molar-refractivity contribution in [1.29, 1.82) is 0 Å². The van der Waals surface area contributed by atoms with E-state index in [1.807, 2.05) is 43.3 Å². The van der Waals surface area contributed by atoms with E-state index in [-0.39, 0.29) is 5.91 Å². The number of nitrogens with one attached hydrogen (secondary N) is 1. The summed E-state index contributed by atoms with van der Waals surface area (Å²) in [5.41, 5.74) is 6.24. The van der Waals surface area contributed by atoms with Crippen molar-refractivity contribution in [2.24, 2.45) is 5.10 Å². The maximum absolute atomic E-state index is 13.3. The number of amides is 1. The average molecular weight is 474 g/mol. The number of para-hydroxylation sites is 1. The Kier molecular flexibility index (Phi) is 7.23. The van der Waals surface area contributed by atoms with E-state index < -0.39 is 0 Å². The second-order valence-corrected chi connectivity index (χ2v) is 8.78. The Morgan fingerprint density at radius 2 is 1.85 bits per heavy atom. The molecular weight excluding hydrogens is 446 g/mol. The van der Waals surface area contributed by atoms with Gasteiger partial charge in [0, 0.05) is 21.9 Å². The van der Waals surface area contributed by atoms with Gasteiger partial charge in [-0.2, -0.15) is 5.10 Å². The fourth-order valence-electron chi connectivity index (χ4n) is 3.72. The quantitative estimate of drug-likeness (QED) is 0.248. The van der Waals surface area contributed by atoms with Gasteiger partial charge in [-0.3, -0.25) is 4.79 Å². The Bertz CT molecular complexity index is 1360. The number of fused-ring (bicyclic) bond motifs is 1. The zero-order valence-corrected chi connectivity index (χ0v) is 20.5. The van der Waals surface area contributed by atoms with Crippen molar-refractivity contribution >= 4 is 33.9 Å². The van der Waals surface area contributed by atoms with E-state index in [0.717, 1.165) is 34.4 Å². The first-order valence-electron chi connectivity index (χ1n) is 11.2. The minimum absolute atomic E-state index is 0.287. The molecule has 0 unspecified atom stereocenters. The molecule has 4 rings (SSSR count). The number of carbonyl (C=O) groups is 1. The summed E-state index contributed by atoms with van der Waals surface area (Å²) < 4.78 is 10.9. The van der Waals surface area contributed by atoms with Crippen molar-refractivity contribution in [3.63, 3.8) is 0 Å².